The molecule has 0 aliphatic carbocycles. The molecule has 1 nitrogen and oxygen atoms in total. The first-order valence-corrected chi connectivity index (χ1v) is 6.85. The van der Waals surface area contributed by atoms with Crippen LogP contribution >= 0.6 is 23.4 Å². The highest BCUT2D eigenvalue weighted by molar-refractivity contribution is 7.98. The molecule has 2 rings (SSSR count). The summed E-state index contributed by atoms with van der Waals surface area (Å²) < 4.78 is 13.3. The maximum absolute atomic E-state index is 13.3. The second kappa shape index (κ2) is 5.63. The zero-order valence-corrected chi connectivity index (χ0v) is 11.5. The fraction of sp³-hybridized carbons (Fsp3) is 0.143. The van der Waals surface area contributed by atoms with Crippen LogP contribution in [-0.4, -0.2) is 0 Å². The van der Waals surface area contributed by atoms with Crippen molar-refractivity contribution < 1.29 is 4.39 Å². The third-order valence-corrected chi connectivity index (χ3v) is 3.99. The molecular formula is C14H13ClFNS. The molecule has 18 heavy (non-hydrogen) atoms. The van der Waals surface area contributed by atoms with E-state index in [1.54, 1.807) is 24.8 Å². The quantitative estimate of drug-likeness (QED) is 0.654. The van der Waals surface area contributed by atoms with Gasteiger partial charge in [-0.15, -0.1) is 11.8 Å². The standard InChI is InChI=1S/C14H13ClFNS/c1-9-6-14(13(17)7-12(9)16)18-8-10-2-4-11(15)5-3-10/h2-7H,8,17H2,1H3. The lowest BCUT2D eigenvalue weighted by molar-refractivity contribution is 0.618. The second-order valence-electron chi connectivity index (χ2n) is 4.05. The minimum atomic E-state index is -0.261. The lowest BCUT2D eigenvalue weighted by atomic mass is 10.2. The summed E-state index contributed by atoms with van der Waals surface area (Å²) in [6.45, 7) is 1.74. The van der Waals surface area contributed by atoms with E-state index in [1.807, 2.05) is 24.3 Å². The molecule has 0 radical (unpaired) electrons. The molecule has 0 fully saturated rings. The van der Waals surface area contributed by atoms with Crippen molar-refractivity contribution >= 4 is 29.1 Å². The summed E-state index contributed by atoms with van der Waals surface area (Å²) in [7, 11) is 0. The van der Waals surface area contributed by atoms with Crippen molar-refractivity contribution in [3.8, 4) is 0 Å². The molecule has 0 spiro atoms. The third kappa shape index (κ3) is 3.18. The van der Waals surface area contributed by atoms with Crippen LogP contribution < -0.4 is 5.73 Å². The molecule has 0 heterocycles. The Morgan fingerprint density at radius 3 is 2.56 bits per heavy atom. The minimum Gasteiger partial charge on any atom is -0.398 e. The van der Waals surface area contributed by atoms with Crippen molar-refractivity contribution in [2.45, 2.75) is 17.6 Å². The zero-order chi connectivity index (χ0) is 13.1. The highest BCUT2D eigenvalue weighted by Crippen LogP contribution is 2.30. The van der Waals surface area contributed by atoms with Crippen LogP contribution in [0.25, 0.3) is 0 Å². The molecule has 0 aliphatic heterocycles. The second-order valence-corrected chi connectivity index (χ2v) is 5.51. The first-order chi connectivity index (χ1) is 8.56. The van der Waals surface area contributed by atoms with Crippen LogP contribution in [0.1, 0.15) is 11.1 Å². The summed E-state index contributed by atoms with van der Waals surface area (Å²) in [6.07, 6.45) is 0. The predicted octanol–water partition coefficient (Wildman–Crippen LogP) is 4.66. The van der Waals surface area contributed by atoms with Crippen LogP contribution in [0.5, 0.6) is 0 Å². The van der Waals surface area contributed by atoms with Crippen molar-refractivity contribution in [1.29, 1.82) is 0 Å². The number of halogens is 2. The molecule has 0 aromatic heterocycles. The molecule has 0 saturated heterocycles. The third-order valence-electron chi connectivity index (χ3n) is 2.60. The highest BCUT2D eigenvalue weighted by atomic mass is 35.5. The first kappa shape index (κ1) is 13.2. The number of hydrogen-bond donors (Lipinski definition) is 1. The van der Waals surface area contributed by atoms with Crippen LogP contribution in [0.4, 0.5) is 10.1 Å². The smallest absolute Gasteiger partial charge is 0.128 e. The van der Waals surface area contributed by atoms with Gasteiger partial charge in [-0.05, 0) is 42.3 Å². The van der Waals surface area contributed by atoms with Gasteiger partial charge in [-0.2, -0.15) is 0 Å². The number of benzene rings is 2. The summed E-state index contributed by atoms with van der Waals surface area (Å²) in [5, 5.41) is 0.723. The van der Waals surface area contributed by atoms with Gasteiger partial charge in [0.15, 0.2) is 0 Å². The molecule has 0 amide bonds. The van der Waals surface area contributed by atoms with E-state index in [1.165, 1.54) is 6.07 Å². The summed E-state index contributed by atoms with van der Waals surface area (Å²) in [4.78, 5) is 0.906. The van der Waals surface area contributed by atoms with Gasteiger partial charge in [-0.25, -0.2) is 4.39 Å². The maximum Gasteiger partial charge on any atom is 0.128 e. The van der Waals surface area contributed by atoms with E-state index in [2.05, 4.69) is 0 Å². The summed E-state index contributed by atoms with van der Waals surface area (Å²) in [5.74, 6) is 0.523. The number of nitrogen functional groups attached to an aromatic ring is 1. The molecule has 0 atom stereocenters. The Labute approximate surface area is 115 Å². The predicted molar refractivity (Wildman–Crippen MR) is 76.6 cm³/mol. The first-order valence-electron chi connectivity index (χ1n) is 5.49. The lowest BCUT2D eigenvalue weighted by Gasteiger charge is -2.07. The molecular weight excluding hydrogens is 269 g/mol. The van der Waals surface area contributed by atoms with Gasteiger partial charge < -0.3 is 5.73 Å². The summed E-state index contributed by atoms with van der Waals surface area (Å²) in [5.41, 5.74) is 8.05. The minimum absolute atomic E-state index is 0.261. The van der Waals surface area contributed by atoms with E-state index in [0.29, 0.717) is 11.3 Å². The van der Waals surface area contributed by atoms with Crippen LogP contribution in [0.2, 0.25) is 5.02 Å². The monoisotopic (exact) mass is 281 g/mol. The number of aryl methyl sites for hydroxylation is 1. The Hall–Kier alpha value is -1.19. The fourth-order valence-corrected chi connectivity index (χ4v) is 2.66. The SMILES string of the molecule is Cc1cc(SCc2ccc(Cl)cc2)c(N)cc1F. The normalized spacial score (nSPS) is 10.6. The van der Waals surface area contributed by atoms with E-state index >= 15 is 0 Å². The van der Waals surface area contributed by atoms with Gasteiger partial charge in [0.1, 0.15) is 5.82 Å². The molecule has 0 aliphatic rings. The highest BCUT2D eigenvalue weighted by Gasteiger charge is 2.05. The number of rotatable bonds is 3. The molecule has 4 heteroatoms. The number of anilines is 1. The summed E-state index contributed by atoms with van der Waals surface area (Å²) in [6, 6.07) is 10.8. The van der Waals surface area contributed by atoms with E-state index < -0.39 is 0 Å². The maximum atomic E-state index is 13.3. The molecule has 2 aromatic rings. The molecule has 0 unspecified atom stereocenters. The van der Waals surface area contributed by atoms with Gasteiger partial charge >= 0.3 is 0 Å². The lowest BCUT2D eigenvalue weighted by Crippen LogP contribution is -1.93. The van der Waals surface area contributed by atoms with Gasteiger partial charge in [-0.3, -0.25) is 0 Å². The van der Waals surface area contributed by atoms with Gasteiger partial charge in [0, 0.05) is 21.4 Å². The molecule has 0 bridgehead atoms. The van der Waals surface area contributed by atoms with E-state index in [9.17, 15) is 4.39 Å². The molecule has 94 valence electrons. The number of nitrogens with two attached hydrogens (primary N) is 1. The molecule has 2 aromatic carbocycles. The Balaban J connectivity index is 2.10. The Kier molecular flexibility index (Phi) is 4.15. The van der Waals surface area contributed by atoms with Crippen LogP contribution in [-0.2, 0) is 5.75 Å². The van der Waals surface area contributed by atoms with Crippen molar-refractivity contribution in [3.63, 3.8) is 0 Å². The van der Waals surface area contributed by atoms with E-state index in [4.69, 9.17) is 17.3 Å². The van der Waals surface area contributed by atoms with Gasteiger partial charge in [0.05, 0.1) is 0 Å². The van der Waals surface area contributed by atoms with Crippen LogP contribution in [0.15, 0.2) is 41.3 Å². The van der Waals surface area contributed by atoms with Crippen molar-refractivity contribution in [3.05, 3.63) is 58.4 Å². The van der Waals surface area contributed by atoms with E-state index in [-0.39, 0.29) is 5.82 Å². The largest absolute Gasteiger partial charge is 0.398 e. The van der Waals surface area contributed by atoms with Crippen molar-refractivity contribution in [2.24, 2.45) is 0 Å². The number of thioether (sulfide) groups is 1. The Morgan fingerprint density at radius 1 is 1.22 bits per heavy atom. The fourth-order valence-electron chi connectivity index (χ4n) is 1.54. The average Bonchev–Trinajstić information content (AvgIpc) is 2.34. The van der Waals surface area contributed by atoms with Gasteiger partial charge in [-0.1, -0.05) is 23.7 Å². The number of hydrogen-bond acceptors (Lipinski definition) is 2. The molecule has 0 saturated carbocycles. The van der Waals surface area contributed by atoms with Crippen molar-refractivity contribution in [2.75, 3.05) is 5.73 Å². The van der Waals surface area contributed by atoms with Crippen molar-refractivity contribution in [1.82, 2.24) is 0 Å². The van der Waals surface area contributed by atoms with Gasteiger partial charge in [0.2, 0.25) is 0 Å². The van der Waals surface area contributed by atoms with Gasteiger partial charge in [0.25, 0.3) is 0 Å². The average molecular weight is 282 g/mol. The zero-order valence-electron chi connectivity index (χ0n) is 9.91. The Morgan fingerprint density at radius 2 is 1.89 bits per heavy atom. The van der Waals surface area contributed by atoms with Crippen LogP contribution in [0, 0.1) is 12.7 Å². The van der Waals surface area contributed by atoms with E-state index in [0.717, 1.165) is 21.2 Å². The van der Waals surface area contributed by atoms with Crippen LogP contribution in [0.3, 0.4) is 0 Å². The molecule has 2 N–H and O–H groups in total. The topological polar surface area (TPSA) is 26.0 Å². The Bertz CT molecular complexity index is 554. The summed E-state index contributed by atoms with van der Waals surface area (Å²) >= 11 is 7.42.